The number of nitrogens with two attached hydrogens (primary N) is 1. The second-order valence-electron chi connectivity index (χ2n) is 2.64. The smallest absolute Gasteiger partial charge is 0.220 e. The first-order chi connectivity index (χ1) is 5.75. The predicted molar refractivity (Wildman–Crippen MR) is 44.4 cm³/mol. The van der Waals surface area contributed by atoms with Gasteiger partial charge >= 0.3 is 0 Å². The van der Waals surface area contributed by atoms with Gasteiger partial charge in [0, 0.05) is 6.42 Å². The van der Waals surface area contributed by atoms with E-state index in [1.54, 1.807) is 0 Å². The van der Waals surface area contributed by atoms with E-state index in [2.05, 4.69) is 15.5 Å². The molecule has 12 heavy (non-hydrogen) atoms. The molecule has 0 spiro atoms. The second-order valence-corrected chi connectivity index (χ2v) is 3.68. The van der Waals surface area contributed by atoms with E-state index in [9.17, 15) is 4.79 Å². The first kappa shape index (κ1) is 7.48. The molecule has 1 saturated heterocycles. The molecule has 1 aromatic heterocycles. The van der Waals surface area contributed by atoms with Gasteiger partial charge in [0.2, 0.25) is 11.0 Å². The number of carbonyl (C=O) groups is 1. The number of nitrogens with zero attached hydrogens (tertiary/aromatic N) is 2. The summed E-state index contributed by atoms with van der Waals surface area (Å²) in [6.45, 7) is 0. The minimum Gasteiger partial charge on any atom is -0.374 e. The van der Waals surface area contributed by atoms with Gasteiger partial charge in [-0.3, -0.25) is 4.79 Å². The molecule has 1 aromatic rings. The van der Waals surface area contributed by atoms with Crippen molar-refractivity contribution in [1.82, 2.24) is 15.5 Å². The van der Waals surface area contributed by atoms with Crippen molar-refractivity contribution >= 4 is 22.4 Å². The van der Waals surface area contributed by atoms with Gasteiger partial charge in [0.15, 0.2) is 0 Å². The molecule has 5 nitrogen and oxygen atoms in total. The Bertz CT molecular complexity index is 310. The number of aromatic nitrogens is 2. The SMILES string of the molecule is Nc1nnc(C2CCC(=O)N2)s1. The van der Waals surface area contributed by atoms with Crippen molar-refractivity contribution < 1.29 is 4.79 Å². The Kier molecular flexibility index (Phi) is 1.69. The Hall–Kier alpha value is -1.17. The van der Waals surface area contributed by atoms with Crippen molar-refractivity contribution in [3.8, 4) is 0 Å². The third kappa shape index (κ3) is 1.25. The summed E-state index contributed by atoms with van der Waals surface area (Å²) in [4.78, 5) is 10.8. The van der Waals surface area contributed by atoms with Crippen molar-refractivity contribution in [2.24, 2.45) is 0 Å². The van der Waals surface area contributed by atoms with Crippen LogP contribution in [0.5, 0.6) is 0 Å². The van der Waals surface area contributed by atoms with Crippen molar-refractivity contribution in [1.29, 1.82) is 0 Å². The van der Waals surface area contributed by atoms with E-state index in [-0.39, 0.29) is 11.9 Å². The lowest BCUT2D eigenvalue weighted by atomic mass is 10.2. The van der Waals surface area contributed by atoms with E-state index in [0.29, 0.717) is 11.6 Å². The molecule has 0 aliphatic carbocycles. The van der Waals surface area contributed by atoms with Crippen LogP contribution in [0, 0.1) is 0 Å². The fraction of sp³-hybridized carbons (Fsp3) is 0.500. The van der Waals surface area contributed by atoms with Gasteiger partial charge < -0.3 is 11.1 Å². The second kappa shape index (κ2) is 2.71. The molecule has 1 aliphatic heterocycles. The minimum absolute atomic E-state index is 0.0345. The standard InChI is InChI=1S/C6H8N4OS/c7-6-10-9-5(12-6)3-1-2-4(11)8-3/h3H,1-2H2,(H2,7,10)(H,8,11). The largest absolute Gasteiger partial charge is 0.374 e. The highest BCUT2D eigenvalue weighted by atomic mass is 32.1. The number of nitrogen functional groups attached to an aromatic ring is 1. The third-order valence-electron chi connectivity index (χ3n) is 1.75. The van der Waals surface area contributed by atoms with Crippen molar-refractivity contribution in [3.05, 3.63) is 5.01 Å². The van der Waals surface area contributed by atoms with E-state index in [4.69, 9.17) is 5.73 Å². The Labute approximate surface area is 73.0 Å². The fourth-order valence-electron chi connectivity index (χ4n) is 1.19. The molecule has 2 heterocycles. The Morgan fingerprint density at radius 1 is 1.58 bits per heavy atom. The van der Waals surface area contributed by atoms with Crippen molar-refractivity contribution in [2.75, 3.05) is 5.73 Å². The molecule has 1 fully saturated rings. The van der Waals surface area contributed by atoms with E-state index < -0.39 is 0 Å². The van der Waals surface area contributed by atoms with Crippen LogP contribution < -0.4 is 11.1 Å². The van der Waals surface area contributed by atoms with E-state index in [1.807, 2.05) is 0 Å². The zero-order valence-corrected chi connectivity index (χ0v) is 7.10. The monoisotopic (exact) mass is 184 g/mol. The summed E-state index contributed by atoms with van der Waals surface area (Å²) < 4.78 is 0. The molecule has 0 saturated carbocycles. The van der Waals surface area contributed by atoms with Crippen LogP contribution in [-0.4, -0.2) is 16.1 Å². The molecule has 0 aromatic carbocycles. The maximum atomic E-state index is 10.8. The van der Waals surface area contributed by atoms with Crippen LogP contribution in [0.1, 0.15) is 23.9 Å². The van der Waals surface area contributed by atoms with Gasteiger partial charge in [-0.15, -0.1) is 10.2 Å². The fourth-order valence-corrected chi connectivity index (χ4v) is 1.88. The molecule has 1 amide bonds. The predicted octanol–water partition coefficient (Wildman–Crippen LogP) is 0.0714. The molecule has 1 unspecified atom stereocenters. The highest BCUT2D eigenvalue weighted by Gasteiger charge is 2.25. The topological polar surface area (TPSA) is 80.9 Å². The number of hydrogen-bond acceptors (Lipinski definition) is 5. The summed E-state index contributed by atoms with van der Waals surface area (Å²) in [6.07, 6.45) is 1.37. The van der Waals surface area contributed by atoms with E-state index in [0.717, 1.165) is 11.4 Å². The van der Waals surface area contributed by atoms with E-state index >= 15 is 0 Å². The summed E-state index contributed by atoms with van der Waals surface area (Å²) in [7, 11) is 0. The third-order valence-corrected chi connectivity index (χ3v) is 2.62. The summed E-state index contributed by atoms with van der Waals surface area (Å²) >= 11 is 1.33. The highest BCUT2D eigenvalue weighted by molar-refractivity contribution is 7.15. The quantitative estimate of drug-likeness (QED) is 0.647. The summed E-state index contributed by atoms with van der Waals surface area (Å²) in [5.74, 6) is 0.0776. The molecule has 3 N–H and O–H groups in total. The molecule has 1 atom stereocenters. The summed E-state index contributed by atoms with van der Waals surface area (Å²) in [5.41, 5.74) is 5.41. The van der Waals surface area contributed by atoms with Gasteiger partial charge in [0.05, 0.1) is 6.04 Å². The van der Waals surface area contributed by atoms with Crippen molar-refractivity contribution in [2.45, 2.75) is 18.9 Å². The molecular weight excluding hydrogens is 176 g/mol. The number of nitrogens with one attached hydrogen (secondary N) is 1. The summed E-state index contributed by atoms with van der Waals surface area (Å²) in [6, 6.07) is 0.0345. The van der Waals surface area contributed by atoms with Crippen LogP contribution >= 0.6 is 11.3 Å². The average Bonchev–Trinajstić information content (AvgIpc) is 2.58. The molecule has 64 valence electrons. The number of carbonyl (C=O) groups excluding carboxylic acids is 1. The van der Waals surface area contributed by atoms with Gasteiger partial charge in [-0.1, -0.05) is 11.3 Å². The van der Waals surface area contributed by atoms with Crippen molar-refractivity contribution in [3.63, 3.8) is 0 Å². The first-order valence-corrected chi connectivity index (χ1v) is 4.45. The van der Waals surface area contributed by atoms with Gasteiger partial charge in [-0.2, -0.15) is 0 Å². The number of rotatable bonds is 1. The average molecular weight is 184 g/mol. The van der Waals surface area contributed by atoms with Crippen LogP contribution in [0.15, 0.2) is 0 Å². The molecule has 6 heteroatoms. The van der Waals surface area contributed by atoms with Crippen LogP contribution in [0.25, 0.3) is 0 Å². The zero-order valence-electron chi connectivity index (χ0n) is 6.28. The minimum atomic E-state index is 0.0345. The Morgan fingerprint density at radius 3 is 2.92 bits per heavy atom. The normalized spacial score (nSPS) is 22.7. The molecule has 0 radical (unpaired) electrons. The van der Waals surface area contributed by atoms with Gasteiger partial charge in [0.1, 0.15) is 5.01 Å². The first-order valence-electron chi connectivity index (χ1n) is 3.64. The lowest BCUT2D eigenvalue weighted by Gasteiger charge is -2.02. The molecule has 0 bridgehead atoms. The molecular formula is C6H8N4OS. The number of amides is 1. The lowest BCUT2D eigenvalue weighted by molar-refractivity contribution is -0.119. The Balaban J connectivity index is 2.15. The van der Waals surface area contributed by atoms with Gasteiger partial charge in [-0.05, 0) is 6.42 Å². The molecule has 1 aliphatic rings. The van der Waals surface area contributed by atoms with Crippen LogP contribution in [0.3, 0.4) is 0 Å². The zero-order chi connectivity index (χ0) is 8.55. The van der Waals surface area contributed by atoms with E-state index in [1.165, 1.54) is 11.3 Å². The Morgan fingerprint density at radius 2 is 2.42 bits per heavy atom. The summed E-state index contributed by atoms with van der Waals surface area (Å²) in [5, 5.41) is 11.6. The number of hydrogen-bond donors (Lipinski definition) is 2. The maximum absolute atomic E-state index is 10.8. The van der Waals surface area contributed by atoms with Crippen LogP contribution in [0.2, 0.25) is 0 Å². The van der Waals surface area contributed by atoms with Gasteiger partial charge in [-0.25, -0.2) is 0 Å². The number of anilines is 1. The van der Waals surface area contributed by atoms with Crippen LogP contribution in [0.4, 0.5) is 5.13 Å². The van der Waals surface area contributed by atoms with Gasteiger partial charge in [0.25, 0.3) is 0 Å². The maximum Gasteiger partial charge on any atom is 0.220 e. The lowest BCUT2D eigenvalue weighted by Crippen LogP contribution is -2.17. The van der Waals surface area contributed by atoms with Crippen LogP contribution in [-0.2, 0) is 4.79 Å². The molecule has 2 rings (SSSR count). The highest BCUT2D eigenvalue weighted by Crippen LogP contribution is 2.26.